The molecule has 0 amide bonds. The predicted molar refractivity (Wildman–Crippen MR) is 132 cm³/mol. The molecular formula is C27H47B2N. The fourth-order valence-corrected chi connectivity index (χ4v) is 8.49. The van der Waals surface area contributed by atoms with E-state index >= 15 is 0 Å². The molecule has 5 rings (SSSR count). The van der Waals surface area contributed by atoms with Crippen LogP contribution in [0.4, 0.5) is 0 Å². The zero-order chi connectivity index (χ0) is 20.2. The van der Waals surface area contributed by atoms with Crippen LogP contribution in [0, 0.1) is 0 Å². The Balaban J connectivity index is 1.48. The van der Waals surface area contributed by atoms with E-state index in [9.17, 15) is 0 Å². The van der Waals surface area contributed by atoms with Crippen molar-refractivity contribution < 1.29 is 0 Å². The van der Waals surface area contributed by atoms with Crippen LogP contribution in [0.3, 0.4) is 0 Å². The Morgan fingerprint density at radius 2 is 0.700 bits per heavy atom. The smallest absolute Gasteiger partial charge is 0.121 e. The average Bonchev–Trinajstić information content (AvgIpc) is 3.00. The first kappa shape index (κ1) is 21.9. The zero-order valence-corrected chi connectivity index (χ0v) is 19.8. The van der Waals surface area contributed by atoms with Gasteiger partial charge in [-0.1, -0.05) is 139 Å². The van der Waals surface area contributed by atoms with E-state index in [-0.39, 0.29) is 0 Å². The predicted octanol–water partition coefficient (Wildman–Crippen LogP) is 7.83. The highest BCUT2D eigenvalue weighted by Gasteiger charge is 2.52. The van der Waals surface area contributed by atoms with Crippen LogP contribution in [0.15, 0.2) is 0 Å². The van der Waals surface area contributed by atoms with E-state index in [2.05, 4.69) is 19.5 Å². The van der Waals surface area contributed by atoms with Crippen LogP contribution in [0.2, 0.25) is 23.3 Å². The first-order valence-electron chi connectivity index (χ1n) is 14.4. The minimum atomic E-state index is 0.868. The molecular weight excluding hydrogens is 360 g/mol. The van der Waals surface area contributed by atoms with E-state index in [0.717, 1.165) is 41.4 Å². The van der Waals surface area contributed by atoms with E-state index in [1.54, 1.807) is 0 Å². The van der Waals surface area contributed by atoms with Gasteiger partial charge in [0.1, 0.15) is 14.6 Å². The lowest BCUT2D eigenvalue weighted by molar-refractivity contribution is 0.0208. The molecule has 166 valence electrons. The van der Waals surface area contributed by atoms with E-state index < -0.39 is 0 Å². The molecule has 6 unspecified atom stereocenters. The average molecular weight is 407 g/mol. The van der Waals surface area contributed by atoms with Crippen LogP contribution in [0.5, 0.6) is 0 Å². The van der Waals surface area contributed by atoms with Crippen molar-refractivity contribution in [3.63, 3.8) is 0 Å². The van der Waals surface area contributed by atoms with E-state index in [0.29, 0.717) is 0 Å². The Kier molecular flexibility index (Phi) is 7.89. The Bertz CT molecular complexity index is 481. The second-order valence-corrected chi connectivity index (χ2v) is 11.8. The van der Waals surface area contributed by atoms with Crippen LogP contribution in [-0.2, 0) is 0 Å². The summed E-state index contributed by atoms with van der Waals surface area (Å²) in [6, 6.07) is 2.64. The lowest BCUT2D eigenvalue weighted by Crippen LogP contribution is -2.64. The van der Waals surface area contributed by atoms with Gasteiger partial charge in [0.25, 0.3) is 0 Å². The molecule has 6 atom stereocenters. The molecule has 0 N–H and O–H groups in total. The van der Waals surface area contributed by atoms with Gasteiger partial charge < -0.3 is 0 Å². The summed E-state index contributed by atoms with van der Waals surface area (Å²) in [5, 5.41) is 0. The van der Waals surface area contributed by atoms with Crippen LogP contribution < -0.4 is 0 Å². The van der Waals surface area contributed by atoms with Crippen molar-refractivity contribution in [3.8, 4) is 0 Å². The van der Waals surface area contributed by atoms with Gasteiger partial charge in [0.2, 0.25) is 0 Å². The molecule has 5 aliphatic rings. The highest BCUT2D eigenvalue weighted by atomic mass is 15.2. The van der Waals surface area contributed by atoms with Crippen molar-refractivity contribution in [1.82, 2.24) is 4.90 Å². The molecule has 30 heavy (non-hydrogen) atoms. The standard InChI is InChI=1S/C27H47B2N/c1-3-9-15-21-25(19-13-5-1)30-26-20-14-6-2-4-10-16-22(26)29-24-18-12-8-7-11-17-23(28-21)27(24)30/h21-27H,1-20H2. The van der Waals surface area contributed by atoms with Gasteiger partial charge in [-0.05, 0) is 12.8 Å². The normalized spacial score (nSPS) is 44.1. The van der Waals surface area contributed by atoms with Gasteiger partial charge in [0.05, 0.1) is 0 Å². The number of hydrogen-bond acceptors (Lipinski definition) is 1. The van der Waals surface area contributed by atoms with Gasteiger partial charge in [-0.25, -0.2) is 0 Å². The van der Waals surface area contributed by atoms with Crippen molar-refractivity contribution in [2.75, 3.05) is 0 Å². The molecule has 2 saturated heterocycles. The molecule has 0 aromatic heterocycles. The van der Waals surface area contributed by atoms with Crippen molar-refractivity contribution in [2.45, 2.75) is 170 Å². The van der Waals surface area contributed by atoms with Crippen LogP contribution in [-0.4, -0.2) is 37.6 Å². The summed E-state index contributed by atoms with van der Waals surface area (Å²) < 4.78 is 0. The summed E-state index contributed by atoms with van der Waals surface area (Å²) in [5.41, 5.74) is 0. The van der Waals surface area contributed by atoms with Crippen LogP contribution in [0.25, 0.3) is 0 Å². The van der Waals surface area contributed by atoms with Gasteiger partial charge in [-0.15, -0.1) is 0 Å². The van der Waals surface area contributed by atoms with Crippen molar-refractivity contribution in [1.29, 1.82) is 0 Å². The summed E-state index contributed by atoms with van der Waals surface area (Å²) in [4.78, 5) is 3.30. The third-order valence-corrected chi connectivity index (χ3v) is 9.86. The molecule has 0 aromatic rings. The van der Waals surface area contributed by atoms with Crippen LogP contribution >= 0.6 is 0 Å². The molecule has 2 radical (unpaired) electrons. The second kappa shape index (κ2) is 10.8. The summed E-state index contributed by atoms with van der Waals surface area (Å²) >= 11 is 0. The lowest BCUT2D eigenvalue weighted by Gasteiger charge is -2.61. The largest absolute Gasteiger partial charge is 0.296 e. The zero-order valence-electron chi connectivity index (χ0n) is 19.8. The maximum atomic E-state index is 3.30. The van der Waals surface area contributed by atoms with Gasteiger partial charge >= 0.3 is 0 Å². The minimum Gasteiger partial charge on any atom is -0.296 e. The molecule has 3 heteroatoms. The van der Waals surface area contributed by atoms with E-state index in [1.807, 2.05) is 0 Å². The number of fused-ring (bicyclic) bond motifs is 4. The fourth-order valence-electron chi connectivity index (χ4n) is 8.49. The van der Waals surface area contributed by atoms with E-state index in [1.165, 1.54) is 128 Å². The maximum absolute atomic E-state index is 3.30. The third-order valence-electron chi connectivity index (χ3n) is 9.86. The van der Waals surface area contributed by atoms with Crippen molar-refractivity contribution in [2.24, 2.45) is 0 Å². The van der Waals surface area contributed by atoms with Crippen LogP contribution in [0.1, 0.15) is 128 Å². The highest BCUT2D eigenvalue weighted by Crippen LogP contribution is 2.54. The van der Waals surface area contributed by atoms with Gasteiger partial charge in [0.15, 0.2) is 0 Å². The molecule has 2 aliphatic heterocycles. The molecule has 3 saturated carbocycles. The third kappa shape index (κ3) is 4.87. The Labute approximate surface area is 189 Å². The summed E-state index contributed by atoms with van der Waals surface area (Å²) in [7, 11) is 5.94. The number of hydrogen-bond donors (Lipinski definition) is 0. The number of nitrogens with zero attached hydrogens (tertiary/aromatic N) is 1. The Morgan fingerprint density at radius 3 is 1.13 bits per heavy atom. The molecule has 3 aliphatic carbocycles. The molecule has 2 heterocycles. The maximum Gasteiger partial charge on any atom is 0.121 e. The van der Waals surface area contributed by atoms with Gasteiger partial charge in [-0.3, -0.25) is 4.90 Å². The van der Waals surface area contributed by atoms with Gasteiger partial charge in [0, 0.05) is 18.1 Å². The SMILES string of the molecule is [B]1C2CCCCCCCC2N2C3CCCCCCCC3[B]C3CCCCCCC1C32. The quantitative estimate of drug-likeness (QED) is 0.370. The summed E-state index contributed by atoms with van der Waals surface area (Å²) in [6.07, 6.45) is 29.9. The van der Waals surface area contributed by atoms with E-state index in [4.69, 9.17) is 0 Å². The Morgan fingerprint density at radius 1 is 0.367 bits per heavy atom. The van der Waals surface area contributed by atoms with Crippen molar-refractivity contribution in [3.05, 3.63) is 0 Å². The highest BCUT2D eigenvalue weighted by molar-refractivity contribution is 6.44. The van der Waals surface area contributed by atoms with Crippen molar-refractivity contribution >= 4 is 14.6 Å². The molecule has 1 nitrogen and oxygen atoms in total. The van der Waals surface area contributed by atoms with Gasteiger partial charge in [-0.2, -0.15) is 0 Å². The summed E-state index contributed by atoms with van der Waals surface area (Å²) in [6.45, 7) is 0. The first-order valence-corrected chi connectivity index (χ1v) is 14.4. The molecule has 0 spiro atoms. The molecule has 0 bridgehead atoms. The fraction of sp³-hybridized carbons (Fsp3) is 1.00. The molecule has 5 fully saturated rings. The topological polar surface area (TPSA) is 3.24 Å². The summed E-state index contributed by atoms with van der Waals surface area (Å²) in [5.74, 6) is 3.58. The Hall–Kier alpha value is 0.0899. The molecule has 0 aromatic carbocycles. The number of rotatable bonds is 0. The second-order valence-electron chi connectivity index (χ2n) is 11.8. The minimum absolute atomic E-state index is 0.868. The lowest BCUT2D eigenvalue weighted by atomic mass is 9.36. The monoisotopic (exact) mass is 407 g/mol. The first-order chi connectivity index (χ1) is 14.9.